The molecule has 0 aromatic heterocycles. The van der Waals surface area contributed by atoms with Crippen LogP contribution in [0.5, 0.6) is 11.5 Å². The lowest BCUT2D eigenvalue weighted by Crippen LogP contribution is -2.53. The van der Waals surface area contributed by atoms with Gasteiger partial charge in [0.05, 0.1) is 24.8 Å². The van der Waals surface area contributed by atoms with Crippen molar-refractivity contribution in [3.63, 3.8) is 0 Å². The highest BCUT2D eigenvalue weighted by atomic mass is 79.9. The number of nitrogens with one attached hydrogen (secondary N) is 1. The van der Waals surface area contributed by atoms with Crippen LogP contribution in [0, 0.1) is 19.8 Å². The second-order valence-corrected chi connectivity index (χ2v) is 15.1. The van der Waals surface area contributed by atoms with Crippen LogP contribution in [0.15, 0.2) is 100 Å². The number of benzene rings is 4. The summed E-state index contributed by atoms with van der Waals surface area (Å²) in [6.07, 6.45) is 0.233. The van der Waals surface area contributed by atoms with Crippen LogP contribution in [-0.4, -0.2) is 58.5 Å². The van der Waals surface area contributed by atoms with E-state index in [0.717, 1.165) is 31.0 Å². The molecule has 11 heteroatoms. The zero-order chi connectivity index (χ0) is 35.7. The standard InChI is InChI=1S/C38H44BrN3O6S/c1-26(2)23-40-38(44)34(21-29-11-8-7-9-12-29)41(24-30-13-10-14-31(39)20-30)37(43)25-42(32-18-27(3)17-28(4)19-32)49(45,46)33-15-16-35(47-5)36(22-33)48-6/h7-20,22,26,34H,21,23-25H2,1-6H3,(H,40,44). The van der Waals surface area contributed by atoms with E-state index in [4.69, 9.17) is 9.47 Å². The van der Waals surface area contributed by atoms with Crippen molar-refractivity contribution in [3.05, 3.63) is 118 Å². The van der Waals surface area contributed by atoms with Gasteiger partial charge in [-0.15, -0.1) is 0 Å². The average Bonchev–Trinajstić information content (AvgIpc) is 3.07. The molecule has 0 bridgehead atoms. The van der Waals surface area contributed by atoms with Crippen LogP contribution in [0.2, 0.25) is 0 Å². The van der Waals surface area contributed by atoms with Gasteiger partial charge in [-0.25, -0.2) is 8.42 Å². The molecule has 0 heterocycles. The fraction of sp³-hybridized carbons (Fsp3) is 0.316. The maximum Gasteiger partial charge on any atom is 0.264 e. The van der Waals surface area contributed by atoms with Crippen molar-refractivity contribution < 1.29 is 27.5 Å². The van der Waals surface area contributed by atoms with Crippen molar-refractivity contribution in [2.75, 3.05) is 31.6 Å². The number of nitrogens with zero attached hydrogens (tertiary/aromatic N) is 2. The summed E-state index contributed by atoms with van der Waals surface area (Å²) in [6, 6.07) is 25.8. The molecular formula is C38H44BrN3O6S. The normalized spacial score (nSPS) is 11.9. The highest BCUT2D eigenvalue weighted by Gasteiger charge is 2.35. The van der Waals surface area contributed by atoms with Gasteiger partial charge in [0.25, 0.3) is 10.0 Å². The van der Waals surface area contributed by atoms with Gasteiger partial charge in [-0.2, -0.15) is 0 Å². The van der Waals surface area contributed by atoms with Crippen LogP contribution in [0.1, 0.15) is 36.1 Å². The van der Waals surface area contributed by atoms with Crippen LogP contribution in [-0.2, 0) is 32.6 Å². The van der Waals surface area contributed by atoms with Gasteiger partial charge < -0.3 is 19.7 Å². The number of halogens is 1. The highest BCUT2D eigenvalue weighted by molar-refractivity contribution is 9.10. The molecule has 4 aromatic rings. The number of amides is 2. The molecule has 0 aliphatic rings. The minimum Gasteiger partial charge on any atom is -0.493 e. The molecule has 260 valence electrons. The Labute approximate surface area is 298 Å². The van der Waals surface area contributed by atoms with Crippen molar-refractivity contribution in [3.8, 4) is 11.5 Å². The van der Waals surface area contributed by atoms with Gasteiger partial charge in [0.1, 0.15) is 12.6 Å². The molecule has 0 saturated carbocycles. The Bertz CT molecular complexity index is 1850. The summed E-state index contributed by atoms with van der Waals surface area (Å²) in [6.45, 7) is 7.67. The van der Waals surface area contributed by atoms with Gasteiger partial charge in [0, 0.05) is 30.0 Å². The molecule has 0 saturated heterocycles. The van der Waals surface area contributed by atoms with Crippen LogP contribution < -0.4 is 19.1 Å². The summed E-state index contributed by atoms with van der Waals surface area (Å²) in [5.41, 5.74) is 3.63. The third-order valence-electron chi connectivity index (χ3n) is 7.91. The third-order valence-corrected chi connectivity index (χ3v) is 10.2. The predicted octanol–water partition coefficient (Wildman–Crippen LogP) is 6.69. The number of sulfonamides is 1. The van der Waals surface area contributed by atoms with Crippen LogP contribution in [0.25, 0.3) is 0 Å². The number of aryl methyl sites for hydroxylation is 2. The molecule has 2 amide bonds. The molecule has 0 aliphatic carbocycles. The van der Waals surface area contributed by atoms with E-state index in [9.17, 15) is 18.0 Å². The molecule has 0 aliphatic heterocycles. The van der Waals surface area contributed by atoms with Gasteiger partial charge in [-0.05, 0) is 78.4 Å². The summed E-state index contributed by atoms with van der Waals surface area (Å²) < 4.78 is 41.7. The van der Waals surface area contributed by atoms with Gasteiger partial charge in [-0.1, -0.05) is 78.3 Å². The first-order chi connectivity index (χ1) is 23.3. The Morgan fingerprint density at radius 1 is 0.816 bits per heavy atom. The topological polar surface area (TPSA) is 105 Å². The van der Waals surface area contributed by atoms with Gasteiger partial charge in [-0.3, -0.25) is 13.9 Å². The average molecular weight is 751 g/mol. The monoisotopic (exact) mass is 749 g/mol. The van der Waals surface area contributed by atoms with Crippen LogP contribution in [0.4, 0.5) is 5.69 Å². The largest absolute Gasteiger partial charge is 0.493 e. The van der Waals surface area contributed by atoms with Gasteiger partial charge in [0.2, 0.25) is 11.8 Å². The number of carbonyl (C=O) groups excluding carboxylic acids is 2. The lowest BCUT2D eigenvalue weighted by molar-refractivity contribution is -0.140. The molecular weight excluding hydrogens is 706 g/mol. The SMILES string of the molecule is COc1ccc(S(=O)(=O)N(CC(=O)N(Cc2cccc(Br)c2)C(Cc2ccccc2)C(=O)NCC(C)C)c2cc(C)cc(C)c2)cc1OC. The van der Waals surface area contributed by atoms with Crippen molar-refractivity contribution >= 4 is 43.5 Å². The first-order valence-electron chi connectivity index (χ1n) is 16.0. The minimum absolute atomic E-state index is 0.0714. The van der Waals surface area contributed by atoms with Crippen molar-refractivity contribution in [2.45, 2.75) is 51.6 Å². The molecule has 0 fully saturated rings. The van der Waals surface area contributed by atoms with E-state index in [1.165, 1.54) is 37.3 Å². The number of carbonyl (C=O) groups is 2. The van der Waals surface area contributed by atoms with Gasteiger partial charge in [0.15, 0.2) is 11.5 Å². The number of methoxy groups -OCH3 is 2. The maximum atomic E-state index is 14.7. The lowest BCUT2D eigenvalue weighted by atomic mass is 10.0. The molecule has 1 N–H and O–H groups in total. The molecule has 4 aromatic carbocycles. The molecule has 9 nitrogen and oxygen atoms in total. The van der Waals surface area contributed by atoms with Gasteiger partial charge >= 0.3 is 0 Å². The molecule has 4 rings (SSSR count). The minimum atomic E-state index is -4.34. The summed E-state index contributed by atoms with van der Waals surface area (Å²) in [5.74, 6) is -0.0733. The second kappa shape index (κ2) is 16.8. The summed E-state index contributed by atoms with van der Waals surface area (Å²) in [4.78, 5) is 30.1. The number of hydrogen-bond acceptors (Lipinski definition) is 6. The quantitative estimate of drug-likeness (QED) is 0.145. The smallest absolute Gasteiger partial charge is 0.264 e. The third kappa shape index (κ3) is 9.86. The Morgan fingerprint density at radius 3 is 2.08 bits per heavy atom. The van der Waals surface area contributed by atoms with E-state index in [1.807, 2.05) is 88.4 Å². The maximum absolute atomic E-state index is 14.7. The molecule has 0 radical (unpaired) electrons. The summed E-state index contributed by atoms with van der Waals surface area (Å²) >= 11 is 3.52. The zero-order valence-electron chi connectivity index (χ0n) is 28.8. The van der Waals surface area contributed by atoms with E-state index >= 15 is 0 Å². The lowest BCUT2D eigenvalue weighted by Gasteiger charge is -2.34. The Kier molecular flexibility index (Phi) is 12.9. The summed E-state index contributed by atoms with van der Waals surface area (Å²) in [7, 11) is -1.44. The second-order valence-electron chi connectivity index (χ2n) is 12.4. The number of hydrogen-bond donors (Lipinski definition) is 1. The first-order valence-corrected chi connectivity index (χ1v) is 18.2. The summed E-state index contributed by atoms with van der Waals surface area (Å²) in [5, 5.41) is 3.01. The van der Waals surface area contributed by atoms with E-state index in [2.05, 4.69) is 21.2 Å². The Balaban J connectivity index is 1.85. The zero-order valence-corrected chi connectivity index (χ0v) is 31.2. The fourth-order valence-electron chi connectivity index (χ4n) is 5.54. The highest BCUT2D eigenvalue weighted by Crippen LogP contribution is 2.33. The van der Waals surface area contributed by atoms with Crippen molar-refractivity contribution in [1.82, 2.24) is 10.2 Å². The fourth-order valence-corrected chi connectivity index (χ4v) is 7.40. The first kappa shape index (κ1) is 37.5. The number of ether oxygens (including phenoxy) is 2. The van der Waals surface area contributed by atoms with E-state index in [0.29, 0.717) is 18.0 Å². The van der Waals surface area contributed by atoms with E-state index < -0.39 is 28.5 Å². The van der Waals surface area contributed by atoms with E-state index in [-0.39, 0.29) is 35.4 Å². The Hall–Kier alpha value is -4.35. The molecule has 0 spiro atoms. The molecule has 1 atom stereocenters. The Morgan fingerprint density at radius 2 is 1.47 bits per heavy atom. The number of rotatable bonds is 15. The van der Waals surface area contributed by atoms with Crippen molar-refractivity contribution in [2.24, 2.45) is 5.92 Å². The van der Waals surface area contributed by atoms with Crippen molar-refractivity contribution in [1.29, 1.82) is 0 Å². The molecule has 49 heavy (non-hydrogen) atoms. The van der Waals surface area contributed by atoms with Crippen LogP contribution >= 0.6 is 15.9 Å². The van der Waals surface area contributed by atoms with Crippen LogP contribution in [0.3, 0.4) is 0 Å². The molecule has 1 unspecified atom stereocenters. The number of anilines is 1. The predicted molar refractivity (Wildman–Crippen MR) is 196 cm³/mol. The van der Waals surface area contributed by atoms with E-state index in [1.54, 1.807) is 12.1 Å².